The third kappa shape index (κ3) is 2.76. The molecule has 0 N–H and O–H groups in total. The van der Waals surface area contributed by atoms with Crippen molar-refractivity contribution in [1.82, 2.24) is 24.2 Å². The number of nitrogens with zero attached hydrogens (tertiary/aromatic N) is 5. The van der Waals surface area contributed by atoms with E-state index in [0.717, 1.165) is 4.31 Å². The van der Waals surface area contributed by atoms with Crippen LogP contribution in [-0.2, 0) is 17.1 Å². The highest BCUT2D eigenvalue weighted by Crippen LogP contribution is 2.23. The average molecular weight is 333 g/mol. The molecule has 0 amide bonds. The van der Waals surface area contributed by atoms with Crippen LogP contribution >= 0.6 is 0 Å². The second-order valence-electron chi connectivity index (χ2n) is 5.07. The Kier molecular flexibility index (Phi) is 3.74. The molecule has 0 fully saturated rings. The van der Waals surface area contributed by atoms with E-state index in [1.807, 2.05) is 0 Å². The Bertz CT molecular complexity index is 925. The van der Waals surface area contributed by atoms with Gasteiger partial charge in [-0.15, -0.1) is 0 Å². The Morgan fingerprint density at radius 1 is 1.13 bits per heavy atom. The molecule has 0 saturated carbocycles. The van der Waals surface area contributed by atoms with E-state index in [1.165, 1.54) is 26.2 Å². The Labute approximate surface area is 133 Å². The predicted molar refractivity (Wildman–Crippen MR) is 82.8 cm³/mol. The molecule has 0 aliphatic rings. The zero-order valence-corrected chi connectivity index (χ0v) is 13.6. The first-order chi connectivity index (χ1) is 10.9. The number of hydrogen-bond acceptors (Lipinski definition) is 6. The molecule has 23 heavy (non-hydrogen) atoms. The molecule has 0 saturated heterocycles. The third-order valence-corrected chi connectivity index (χ3v) is 5.19. The molecule has 0 radical (unpaired) electrons. The van der Waals surface area contributed by atoms with E-state index in [1.54, 1.807) is 36.1 Å². The number of aryl methyl sites for hydroxylation is 1. The fourth-order valence-corrected chi connectivity index (χ4v) is 2.92. The number of benzene rings is 1. The van der Waals surface area contributed by atoms with Crippen LogP contribution in [0.25, 0.3) is 23.0 Å². The van der Waals surface area contributed by atoms with Crippen LogP contribution in [0.4, 0.5) is 0 Å². The predicted octanol–water partition coefficient (Wildman–Crippen LogP) is 1.39. The van der Waals surface area contributed by atoms with E-state index in [9.17, 15) is 8.42 Å². The Morgan fingerprint density at radius 2 is 1.83 bits per heavy atom. The quantitative estimate of drug-likeness (QED) is 0.716. The van der Waals surface area contributed by atoms with Gasteiger partial charge in [0.05, 0.1) is 4.90 Å². The first-order valence-electron chi connectivity index (χ1n) is 6.74. The molecule has 9 heteroatoms. The van der Waals surface area contributed by atoms with Crippen LogP contribution in [0.15, 0.2) is 45.9 Å². The lowest BCUT2D eigenvalue weighted by Crippen LogP contribution is -2.22. The van der Waals surface area contributed by atoms with E-state index in [0.29, 0.717) is 23.0 Å². The largest absolute Gasteiger partial charge is 0.332 e. The van der Waals surface area contributed by atoms with Crippen LogP contribution in [-0.4, -0.2) is 46.7 Å². The summed E-state index contributed by atoms with van der Waals surface area (Å²) in [4.78, 5) is 4.52. The van der Waals surface area contributed by atoms with Crippen LogP contribution in [0.2, 0.25) is 0 Å². The second kappa shape index (κ2) is 5.60. The molecule has 1 aromatic carbocycles. The standard InChI is InChI=1S/C14H15N5O3S/c1-18(2)23(20,21)11-6-4-10(5-7-11)13-16-14(22-17-13)12-8-9-15-19(12)3/h4-9H,1-3H3. The molecule has 0 spiro atoms. The number of aromatic nitrogens is 4. The van der Waals surface area contributed by atoms with Gasteiger partial charge in [-0.2, -0.15) is 10.1 Å². The molecule has 120 valence electrons. The van der Waals surface area contributed by atoms with Gasteiger partial charge in [-0.1, -0.05) is 5.16 Å². The maximum atomic E-state index is 12.0. The van der Waals surface area contributed by atoms with Crippen molar-refractivity contribution in [2.24, 2.45) is 7.05 Å². The van der Waals surface area contributed by atoms with E-state index >= 15 is 0 Å². The van der Waals surface area contributed by atoms with Gasteiger partial charge in [0.2, 0.25) is 15.8 Å². The van der Waals surface area contributed by atoms with Crippen molar-refractivity contribution in [3.63, 3.8) is 0 Å². The number of hydrogen-bond donors (Lipinski definition) is 0. The highest BCUT2D eigenvalue weighted by atomic mass is 32.2. The van der Waals surface area contributed by atoms with Crippen molar-refractivity contribution >= 4 is 10.0 Å². The van der Waals surface area contributed by atoms with E-state index in [2.05, 4.69) is 15.2 Å². The lowest BCUT2D eigenvalue weighted by Gasteiger charge is -2.11. The normalized spacial score (nSPS) is 12.0. The summed E-state index contributed by atoms with van der Waals surface area (Å²) in [6.07, 6.45) is 1.64. The summed E-state index contributed by atoms with van der Waals surface area (Å²) < 4.78 is 32.1. The minimum absolute atomic E-state index is 0.210. The van der Waals surface area contributed by atoms with Gasteiger partial charge in [-0.25, -0.2) is 12.7 Å². The molecule has 2 heterocycles. The second-order valence-corrected chi connectivity index (χ2v) is 7.23. The molecule has 0 aliphatic carbocycles. The Balaban J connectivity index is 1.92. The molecule has 2 aromatic heterocycles. The topological polar surface area (TPSA) is 94.1 Å². The van der Waals surface area contributed by atoms with Crippen LogP contribution in [0.1, 0.15) is 0 Å². The van der Waals surface area contributed by atoms with Crippen molar-refractivity contribution in [3.05, 3.63) is 36.5 Å². The molecule has 8 nitrogen and oxygen atoms in total. The lowest BCUT2D eigenvalue weighted by atomic mass is 10.2. The van der Waals surface area contributed by atoms with Gasteiger partial charge in [0.15, 0.2) is 0 Å². The van der Waals surface area contributed by atoms with Crippen LogP contribution in [0.5, 0.6) is 0 Å². The van der Waals surface area contributed by atoms with E-state index < -0.39 is 10.0 Å². The van der Waals surface area contributed by atoms with Gasteiger partial charge < -0.3 is 4.52 Å². The maximum absolute atomic E-state index is 12.0. The monoisotopic (exact) mass is 333 g/mol. The minimum atomic E-state index is -3.45. The zero-order chi connectivity index (χ0) is 16.6. The molecular weight excluding hydrogens is 318 g/mol. The summed E-state index contributed by atoms with van der Waals surface area (Å²) in [7, 11) is 1.30. The lowest BCUT2D eigenvalue weighted by molar-refractivity contribution is 0.428. The highest BCUT2D eigenvalue weighted by Gasteiger charge is 2.18. The first kappa shape index (κ1) is 15.4. The van der Waals surface area contributed by atoms with Crippen molar-refractivity contribution in [3.8, 4) is 23.0 Å². The summed E-state index contributed by atoms with van der Waals surface area (Å²) in [5.74, 6) is 0.736. The van der Waals surface area contributed by atoms with Crippen LogP contribution in [0, 0.1) is 0 Å². The molecule has 0 atom stereocenters. The average Bonchev–Trinajstić information content (AvgIpc) is 3.15. The highest BCUT2D eigenvalue weighted by molar-refractivity contribution is 7.89. The molecular formula is C14H15N5O3S. The van der Waals surface area contributed by atoms with Gasteiger partial charge in [0, 0.05) is 32.9 Å². The van der Waals surface area contributed by atoms with Gasteiger partial charge in [0.25, 0.3) is 5.89 Å². The smallest absolute Gasteiger partial charge is 0.276 e. The zero-order valence-electron chi connectivity index (χ0n) is 12.8. The molecule has 0 unspecified atom stereocenters. The Hall–Kier alpha value is -2.52. The minimum Gasteiger partial charge on any atom is -0.332 e. The number of rotatable bonds is 4. The SMILES string of the molecule is CN(C)S(=O)(=O)c1ccc(-c2noc(-c3ccnn3C)n2)cc1. The molecule has 0 aliphatic heterocycles. The summed E-state index contributed by atoms with van der Waals surface area (Å²) in [5.41, 5.74) is 1.37. The third-order valence-electron chi connectivity index (χ3n) is 3.36. The van der Waals surface area contributed by atoms with Crippen molar-refractivity contribution < 1.29 is 12.9 Å². The van der Waals surface area contributed by atoms with Crippen molar-refractivity contribution in [2.75, 3.05) is 14.1 Å². The van der Waals surface area contributed by atoms with E-state index in [4.69, 9.17) is 4.52 Å². The van der Waals surface area contributed by atoms with Gasteiger partial charge in [-0.05, 0) is 30.3 Å². The van der Waals surface area contributed by atoms with Gasteiger partial charge in [-0.3, -0.25) is 4.68 Å². The molecule has 3 aromatic rings. The summed E-state index contributed by atoms with van der Waals surface area (Å²) in [5, 5.41) is 7.97. The summed E-state index contributed by atoms with van der Waals surface area (Å²) in [6, 6.07) is 8.10. The van der Waals surface area contributed by atoms with Gasteiger partial charge >= 0.3 is 0 Å². The summed E-state index contributed by atoms with van der Waals surface area (Å²) >= 11 is 0. The van der Waals surface area contributed by atoms with Crippen molar-refractivity contribution in [2.45, 2.75) is 4.90 Å². The molecule has 0 bridgehead atoms. The number of sulfonamides is 1. The fourth-order valence-electron chi connectivity index (χ4n) is 2.02. The maximum Gasteiger partial charge on any atom is 0.276 e. The first-order valence-corrected chi connectivity index (χ1v) is 8.18. The fraction of sp³-hybridized carbons (Fsp3) is 0.214. The van der Waals surface area contributed by atoms with Crippen LogP contribution < -0.4 is 0 Å². The van der Waals surface area contributed by atoms with Crippen LogP contribution in [0.3, 0.4) is 0 Å². The Morgan fingerprint density at radius 3 is 2.39 bits per heavy atom. The van der Waals surface area contributed by atoms with E-state index in [-0.39, 0.29) is 4.90 Å². The molecule has 3 rings (SSSR count). The van der Waals surface area contributed by atoms with Gasteiger partial charge in [0.1, 0.15) is 5.69 Å². The van der Waals surface area contributed by atoms with Crippen molar-refractivity contribution in [1.29, 1.82) is 0 Å². The summed E-state index contributed by atoms with van der Waals surface area (Å²) in [6.45, 7) is 0.